The largest absolute Gasteiger partial charge is 0.0843 e. The molecule has 0 spiro atoms. The zero-order valence-electron chi connectivity index (χ0n) is 8.44. The smallest absolute Gasteiger partial charge is 0.0458 e. The van der Waals surface area contributed by atoms with Crippen molar-refractivity contribution in [2.75, 3.05) is 0 Å². The highest BCUT2D eigenvalue weighted by molar-refractivity contribution is 9.09. The van der Waals surface area contributed by atoms with Crippen LogP contribution in [0.25, 0.3) is 0 Å². The first kappa shape index (κ1) is 12.4. The Morgan fingerprint density at radius 2 is 1.79 bits per heavy atom. The van der Waals surface area contributed by atoms with E-state index in [4.69, 9.17) is 23.2 Å². The molecule has 0 saturated heterocycles. The van der Waals surface area contributed by atoms with Gasteiger partial charge in [-0.25, -0.2) is 0 Å². The summed E-state index contributed by atoms with van der Waals surface area (Å²) in [4.78, 5) is 0.209. The third-order valence-electron chi connectivity index (χ3n) is 1.99. The van der Waals surface area contributed by atoms with Crippen LogP contribution in [0, 0.1) is 5.41 Å². The number of benzene rings is 1. The van der Waals surface area contributed by atoms with E-state index in [1.54, 1.807) is 6.07 Å². The topological polar surface area (TPSA) is 0 Å². The maximum atomic E-state index is 6.11. The molecule has 0 N–H and O–H groups in total. The van der Waals surface area contributed by atoms with E-state index in [9.17, 15) is 0 Å². The zero-order valence-corrected chi connectivity index (χ0v) is 11.5. The Bertz CT molecular complexity index is 329. The van der Waals surface area contributed by atoms with Crippen molar-refractivity contribution in [1.82, 2.24) is 0 Å². The molecule has 0 aromatic heterocycles. The van der Waals surface area contributed by atoms with Crippen LogP contribution in [0.2, 0.25) is 10.0 Å². The van der Waals surface area contributed by atoms with Crippen molar-refractivity contribution in [3.8, 4) is 0 Å². The third-order valence-corrected chi connectivity index (χ3v) is 4.44. The molecule has 0 heterocycles. The van der Waals surface area contributed by atoms with Crippen LogP contribution >= 0.6 is 39.1 Å². The minimum Gasteiger partial charge on any atom is -0.0843 e. The molecule has 1 unspecified atom stereocenters. The van der Waals surface area contributed by atoms with Crippen LogP contribution in [-0.4, -0.2) is 0 Å². The molecule has 0 aliphatic heterocycles. The Labute approximate surface area is 104 Å². The molecule has 0 aliphatic rings. The van der Waals surface area contributed by atoms with Gasteiger partial charge < -0.3 is 0 Å². The van der Waals surface area contributed by atoms with Crippen LogP contribution in [0.3, 0.4) is 0 Å². The Kier molecular flexibility index (Phi) is 3.90. The van der Waals surface area contributed by atoms with Crippen molar-refractivity contribution in [2.24, 2.45) is 5.41 Å². The van der Waals surface area contributed by atoms with Gasteiger partial charge in [-0.2, -0.15) is 0 Å². The van der Waals surface area contributed by atoms with Crippen LogP contribution in [0.1, 0.15) is 31.2 Å². The summed E-state index contributed by atoms with van der Waals surface area (Å²) in [5.74, 6) is 0. The van der Waals surface area contributed by atoms with Crippen molar-refractivity contribution >= 4 is 39.1 Å². The lowest BCUT2D eigenvalue weighted by Crippen LogP contribution is -2.13. The lowest BCUT2D eigenvalue weighted by Gasteiger charge is -2.26. The minimum atomic E-state index is 0.119. The highest BCUT2D eigenvalue weighted by Gasteiger charge is 2.25. The number of rotatable bonds is 1. The normalized spacial score (nSPS) is 14.1. The van der Waals surface area contributed by atoms with E-state index in [1.165, 1.54) is 0 Å². The summed E-state index contributed by atoms with van der Waals surface area (Å²) in [6, 6.07) is 5.55. The van der Waals surface area contributed by atoms with Gasteiger partial charge in [-0.05, 0) is 29.2 Å². The third kappa shape index (κ3) is 2.88. The quantitative estimate of drug-likeness (QED) is 0.602. The summed E-state index contributed by atoms with van der Waals surface area (Å²) in [7, 11) is 0. The van der Waals surface area contributed by atoms with Crippen molar-refractivity contribution in [3.05, 3.63) is 33.8 Å². The molecule has 1 aromatic carbocycles. The van der Waals surface area contributed by atoms with Crippen molar-refractivity contribution in [3.63, 3.8) is 0 Å². The number of alkyl halides is 1. The number of halogens is 3. The average molecular weight is 296 g/mol. The summed E-state index contributed by atoms with van der Waals surface area (Å²) in [6.07, 6.45) is 0. The average Bonchev–Trinajstić information content (AvgIpc) is 2.06. The molecule has 0 radical (unpaired) electrons. The van der Waals surface area contributed by atoms with Gasteiger partial charge in [0, 0.05) is 14.9 Å². The SMILES string of the molecule is CC(C)(C)C(Br)c1cc(Cl)ccc1Cl. The standard InChI is InChI=1S/C11H13BrCl2/c1-11(2,3)10(12)8-6-7(13)4-5-9(8)14/h4-6,10H,1-3H3. The van der Waals surface area contributed by atoms with E-state index < -0.39 is 0 Å². The minimum absolute atomic E-state index is 0.119. The predicted octanol–water partition coefficient (Wildman–Crippen LogP) is 5.48. The van der Waals surface area contributed by atoms with Gasteiger partial charge in [0.1, 0.15) is 0 Å². The fourth-order valence-electron chi connectivity index (χ4n) is 1.18. The predicted molar refractivity (Wildman–Crippen MR) is 67.6 cm³/mol. The van der Waals surface area contributed by atoms with Gasteiger partial charge in [0.15, 0.2) is 0 Å². The summed E-state index contributed by atoms with van der Waals surface area (Å²) >= 11 is 15.7. The molecule has 14 heavy (non-hydrogen) atoms. The molecule has 1 rings (SSSR count). The van der Waals surface area contributed by atoms with Crippen LogP contribution in [0.4, 0.5) is 0 Å². The molecule has 3 heteroatoms. The molecule has 1 aromatic rings. The number of hydrogen-bond acceptors (Lipinski definition) is 0. The molecule has 0 fully saturated rings. The van der Waals surface area contributed by atoms with Gasteiger partial charge in [0.2, 0.25) is 0 Å². The van der Waals surface area contributed by atoms with Crippen LogP contribution < -0.4 is 0 Å². The van der Waals surface area contributed by atoms with E-state index in [0.29, 0.717) is 0 Å². The highest BCUT2D eigenvalue weighted by Crippen LogP contribution is 2.43. The molecule has 0 amide bonds. The molecular formula is C11H13BrCl2. The van der Waals surface area contributed by atoms with Gasteiger partial charge in [-0.1, -0.05) is 59.9 Å². The molecule has 78 valence electrons. The second-order valence-electron chi connectivity index (χ2n) is 4.39. The fraction of sp³-hybridized carbons (Fsp3) is 0.455. The van der Waals surface area contributed by atoms with Crippen molar-refractivity contribution < 1.29 is 0 Å². The lowest BCUT2D eigenvalue weighted by atomic mass is 9.88. The van der Waals surface area contributed by atoms with Crippen LogP contribution in [-0.2, 0) is 0 Å². The molecule has 0 nitrogen and oxygen atoms in total. The lowest BCUT2D eigenvalue weighted by molar-refractivity contribution is 0.407. The molecule has 0 bridgehead atoms. The first-order valence-electron chi connectivity index (χ1n) is 4.41. The van der Waals surface area contributed by atoms with Gasteiger partial charge in [0.25, 0.3) is 0 Å². The summed E-state index contributed by atoms with van der Waals surface area (Å²) < 4.78 is 0. The molecular weight excluding hydrogens is 283 g/mol. The Hall–Kier alpha value is 0.280. The van der Waals surface area contributed by atoms with Gasteiger partial charge in [-0.15, -0.1) is 0 Å². The Balaban J connectivity index is 3.12. The van der Waals surface area contributed by atoms with Gasteiger partial charge in [0.05, 0.1) is 0 Å². The van der Waals surface area contributed by atoms with E-state index in [2.05, 4.69) is 36.7 Å². The molecule has 0 saturated carbocycles. The monoisotopic (exact) mass is 294 g/mol. The Morgan fingerprint density at radius 1 is 1.21 bits per heavy atom. The summed E-state index contributed by atoms with van der Waals surface area (Å²) in [6.45, 7) is 6.47. The Morgan fingerprint density at radius 3 is 2.29 bits per heavy atom. The van der Waals surface area contributed by atoms with E-state index >= 15 is 0 Å². The van der Waals surface area contributed by atoms with Crippen molar-refractivity contribution in [2.45, 2.75) is 25.6 Å². The second-order valence-corrected chi connectivity index (χ2v) is 6.15. The zero-order chi connectivity index (χ0) is 10.9. The first-order chi connectivity index (χ1) is 6.32. The van der Waals surface area contributed by atoms with E-state index in [-0.39, 0.29) is 10.2 Å². The summed E-state index contributed by atoms with van der Waals surface area (Å²) in [5.41, 5.74) is 1.17. The van der Waals surface area contributed by atoms with E-state index in [1.807, 2.05) is 12.1 Å². The van der Waals surface area contributed by atoms with Gasteiger partial charge >= 0.3 is 0 Å². The van der Waals surface area contributed by atoms with Crippen molar-refractivity contribution in [1.29, 1.82) is 0 Å². The number of hydrogen-bond donors (Lipinski definition) is 0. The second kappa shape index (κ2) is 4.42. The summed E-state index contributed by atoms with van der Waals surface area (Å²) in [5, 5.41) is 1.48. The molecule has 0 aliphatic carbocycles. The fourth-order valence-corrected chi connectivity index (χ4v) is 2.09. The van der Waals surface area contributed by atoms with Crippen LogP contribution in [0.5, 0.6) is 0 Å². The van der Waals surface area contributed by atoms with E-state index in [0.717, 1.165) is 15.6 Å². The first-order valence-corrected chi connectivity index (χ1v) is 6.08. The maximum Gasteiger partial charge on any atom is 0.0458 e. The maximum absolute atomic E-state index is 6.11. The highest BCUT2D eigenvalue weighted by atomic mass is 79.9. The van der Waals surface area contributed by atoms with Gasteiger partial charge in [-0.3, -0.25) is 0 Å². The van der Waals surface area contributed by atoms with Crippen LogP contribution in [0.15, 0.2) is 18.2 Å². The molecule has 1 atom stereocenters.